The van der Waals surface area contributed by atoms with Crippen molar-refractivity contribution in [1.82, 2.24) is 14.7 Å². The zero-order valence-electron chi connectivity index (χ0n) is 18.1. The summed E-state index contributed by atoms with van der Waals surface area (Å²) >= 11 is 0. The maximum absolute atomic E-state index is 12.9. The van der Waals surface area contributed by atoms with Gasteiger partial charge in [0.25, 0.3) is 0 Å². The first-order valence-corrected chi connectivity index (χ1v) is 10.5. The number of carbonyl (C=O) groups excluding carboxylic acids is 1. The molecule has 5 nitrogen and oxygen atoms in total. The minimum Gasteiger partial charge on any atom is -0.342 e. The maximum atomic E-state index is 12.9. The van der Waals surface area contributed by atoms with Gasteiger partial charge in [-0.15, -0.1) is 12.4 Å². The van der Waals surface area contributed by atoms with E-state index in [0.29, 0.717) is 30.7 Å². The first-order valence-electron chi connectivity index (χ1n) is 10.5. The van der Waals surface area contributed by atoms with Gasteiger partial charge in [-0.3, -0.25) is 9.48 Å². The van der Waals surface area contributed by atoms with Crippen LogP contribution in [0.25, 0.3) is 0 Å². The van der Waals surface area contributed by atoms with Gasteiger partial charge in [-0.2, -0.15) is 5.10 Å². The lowest BCUT2D eigenvalue weighted by Crippen LogP contribution is -2.30. The van der Waals surface area contributed by atoms with Crippen LogP contribution >= 0.6 is 12.4 Å². The molecule has 2 aromatic rings. The summed E-state index contributed by atoms with van der Waals surface area (Å²) in [6, 6.07) is 10.5. The summed E-state index contributed by atoms with van der Waals surface area (Å²) in [6.07, 6.45) is 1.29. The van der Waals surface area contributed by atoms with Gasteiger partial charge in [0.2, 0.25) is 5.91 Å². The van der Waals surface area contributed by atoms with Crippen LogP contribution in [0.3, 0.4) is 0 Å². The molecule has 1 aromatic carbocycles. The van der Waals surface area contributed by atoms with Gasteiger partial charge in [-0.05, 0) is 49.8 Å². The average Bonchev–Trinajstić information content (AvgIpc) is 3.22. The van der Waals surface area contributed by atoms with Gasteiger partial charge in [0.15, 0.2) is 0 Å². The molecule has 1 fully saturated rings. The fourth-order valence-electron chi connectivity index (χ4n) is 4.40. The lowest BCUT2D eigenvalue weighted by Gasteiger charge is -2.17. The molecule has 0 spiro atoms. The predicted molar refractivity (Wildman–Crippen MR) is 120 cm³/mol. The number of hydrogen-bond acceptors (Lipinski definition) is 3. The first kappa shape index (κ1) is 23.4. The Labute approximate surface area is 181 Å². The zero-order valence-corrected chi connectivity index (χ0v) is 18.9. The molecule has 0 aliphatic carbocycles. The number of nitrogens with zero attached hydrogens (tertiary/aromatic N) is 3. The molecule has 29 heavy (non-hydrogen) atoms. The highest BCUT2D eigenvalue weighted by atomic mass is 35.5. The fraction of sp³-hybridized carbons (Fsp3) is 0.565. The molecule has 0 radical (unpaired) electrons. The van der Waals surface area contributed by atoms with Crippen molar-refractivity contribution in [3.05, 3.63) is 52.8 Å². The normalized spacial score (nSPS) is 18.9. The highest BCUT2D eigenvalue weighted by Crippen LogP contribution is 2.32. The van der Waals surface area contributed by atoms with Crippen LogP contribution in [-0.4, -0.2) is 40.2 Å². The Bertz CT molecular complexity index is 803. The number of likely N-dealkylation sites (tertiary alicyclic amines) is 1. The van der Waals surface area contributed by atoms with E-state index in [1.54, 1.807) is 0 Å². The lowest BCUT2D eigenvalue weighted by molar-refractivity contribution is -0.130. The largest absolute Gasteiger partial charge is 0.342 e. The summed E-state index contributed by atoms with van der Waals surface area (Å²) in [5, 5.41) is 4.68. The Hall–Kier alpha value is -1.85. The second-order valence-electron chi connectivity index (χ2n) is 8.54. The summed E-state index contributed by atoms with van der Waals surface area (Å²) in [7, 11) is 0. The Morgan fingerprint density at radius 1 is 1.21 bits per heavy atom. The maximum Gasteiger partial charge on any atom is 0.222 e. The topological polar surface area (TPSA) is 64.2 Å². The highest BCUT2D eigenvalue weighted by Gasteiger charge is 2.35. The number of benzene rings is 1. The summed E-state index contributed by atoms with van der Waals surface area (Å²) in [4.78, 5) is 14.9. The van der Waals surface area contributed by atoms with Gasteiger partial charge >= 0.3 is 0 Å². The third kappa shape index (κ3) is 5.40. The minimum atomic E-state index is 0. The van der Waals surface area contributed by atoms with Crippen LogP contribution < -0.4 is 5.73 Å². The van der Waals surface area contributed by atoms with E-state index in [-0.39, 0.29) is 18.3 Å². The highest BCUT2D eigenvalue weighted by molar-refractivity contribution is 5.85. The standard InChI is InChI=1S/C23H34N4O.ClH/c1-16(2)13-27-18(4)21(17(3)25-27)10-11-23(28)26-14-20(12-24)22(15-26)19-8-6-5-7-9-19;/h5-9,16,20,22H,10-15,24H2,1-4H3;1H/t20-,22+;/m1./s1. The number of aromatic nitrogens is 2. The molecular formula is C23H35ClN4O. The second-order valence-corrected chi connectivity index (χ2v) is 8.54. The van der Waals surface area contributed by atoms with Crippen LogP contribution in [0.2, 0.25) is 0 Å². The monoisotopic (exact) mass is 418 g/mol. The number of rotatable bonds is 7. The van der Waals surface area contributed by atoms with Crippen molar-refractivity contribution >= 4 is 18.3 Å². The molecule has 3 rings (SSSR count). The van der Waals surface area contributed by atoms with Crippen LogP contribution in [0, 0.1) is 25.7 Å². The summed E-state index contributed by atoms with van der Waals surface area (Å²) in [5.41, 5.74) is 10.8. The number of carbonyl (C=O) groups is 1. The molecule has 0 bridgehead atoms. The quantitative estimate of drug-likeness (QED) is 0.745. The van der Waals surface area contributed by atoms with E-state index < -0.39 is 0 Å². The van der Waals surface area contributed by atoms with E-state index in [0.717, 1.165) is 31.7 Å². The van der Waals surface area contributed by atoms with Gasteiger partial charge in [0.05, 0.1) is 5.69 Å². The molecule has 1 saturated heterocycles. The van der Waals surface area contributed by atoms with Crippen LogP contribution in [0.1, 0.15) is 48.7 Å². The van der Waals surface area contributed by atoms with Crippen molar-refractivity contribution in [2.45, 2.75) is 53.0 Å². The van der Waals surface area contributed by atoms with E-state index in [9.17, 15) is 4.79 Å². The molecule has 160 valence electrons. The molecule has 1 aliphatic rings. The number of nitrogens with two attached hydrogens (primary N) is 1. The van der Waals surface area contributed by atoms with Crippen LogP contribution in [-0.2, 0) is 17.8 Å². The minimum absolute atomic E-state index is 0. The van der Waals surface area contributed by atoms with Gasteiger partial charge in [-0.25, -0.2) is 0 Å². The van der Waals surface area contributed by atoms with Crippen LogP contribution in [0.5, 0.6) is 0 Å². The summed E-state index contributed by atoms with van der Waals surface area (Å²) < 4.78 is 2.09. The van der Waals surface area contributed by atoms with Crippen LogP contribution in [0.15, 0.2) is 30.3 Å². The molecule has 2 N–H and O–H groups in total. The average molecular weight is 419 g/mol. The number of amides is 1. The third-order valence-electron chi connectivity index (χ3n) is 5.98. The Morgan fingerprint density at radius 2 is 1.90 bits per heavy atom. The van der Waals surface area contributed by atoms with Crippen molar-refractivity contribution in [2.75, 3.05) is 19.6 Å². The predicted octanol–water partition coefficient (Wildman–Crippen LogP) is 3.71. The van der Waals surface area contributed by atoms with Gasteiger partial charge in [0, 0.05) is 37.7 Å². The van der Waals surface area contributed by atoms with E-state index in [1.807, 2.05) is 11.0 Å². The Kier molecular flexibility index (Phi) is 8.29. The van der Waals surface area contributed by atoms with E-state index >= 15 is 0 Å². The molecule has 1 amide bonds. The van der Waals surface area contributed by atoms with Gasteiger partial charge in [0.1, 0.15) is 0 Å². The SMILES string of the molecule is Cc1nn(CC(C)C)c(C)c1CCC(=O)N1C[C@@H](CN)[C@H](c2ccccc2)C1.Cl. The van der Waals surface area contributed by atoms with Crippen molar-refractivity contribution < 1.29 is 4.79 Å². The van der Waals surface area contributed by atoms with E-state index in [1.165, 1.54) is 16.8 Å². The van der Waals surface area contributed by atoms with Crippen molar-refractivity contribution in [1.29, 1.82) is 0 Å². The smallest absolute Gasteiger partial charge is 0.222 e. The lowest BCUT2D eigenvalue weighted by atomic mass is 9.89. The first-order chi connectivity index (χ1) is 13.4. The fourth-order valence-corrected chi connectivity index (χ4v) is 4.40. The Morgan fingerprint density at radius 3 is 2.52 bits per heavy atom. The Balaban J connectivity index is 0.00000300. The molecule has 2 heterocycles. The molecule has 2 atom stereocenters. The zero-order chi connectivity index (χ0) is 20.3. The molecule has 6 heteroatoms. The van der Waals surface area contributed by atoms with E-state index in [2.05, 4.69) is 61.7 Å². The van der Waals surface area contributed by atoms with Crippen LogP contribution in [0.4, 0.5) is 0 Å². The van der Waals surface area contributed by atoms with Crippen molar-refractivity contribution in [2.24, 2.45) is 17.6 Å². The number of aryl methyl sites for hydroxylation is 1. The van der Waals surface area contributed by atoms with Gasteiger partial charge in [-0.1, -0.05) is 44.2 Å². The number of hydrogen-bond donors (Lipinski definition) is 1. The van der Waals surface area contributed by atoms with Crippen molar-refractivity contribution in [3.8, 4) is 0 Å². The van der Waals surface area contributed by atoms with Gasteiger partial charge < -0.3 is 10.6 Å². The third-order valence-corrected chi connectivity index (χ3v) is 5.98. The molecular weight excluding hydrogens is 384 g/mol. The number of halogens is 1. The second kappa shape index (κ2) is 10.3. The molecule has 1 aliphatic heterocycles. The summed E-state index contributed by atoms with van der Waals surface area (Å²) in [5.74, 6) is 1.46. The molecule has 0 unspecified atom stereocenters. The summed E-state index contributed by atoms with van der Waals surface area (Å²) in [6.45, 7) is 11.6. The molecule has 1 aromatic heterocycles. The van der Waals surface area contributed by atoms with E-state index in [4.69, 9.17) is 5.73 Å². The van der Waals surface area contributed by atoms with Crippen molar-refractivity contribution in [3.63, 3.8) is 0 Å². The molecule has 0 saturated carbocycles.